The predicted octanol–water partition coefficient (Wildman–Crippen LogP) is 3.40. The van der Waals surface area contributed by atoms with E-state index in [9.17, 15) is 5.26 Å². The summed E-state index contributed by atoms with van der Waals surface area (Å²) in [7, 11) is 0. The SMILES string of the molecule is Cc1nc(C)c(C#N)c(SC(C)c2cn(-c3ccccc3)nn2)n1. The average molecular weight is 336 g/mol. The second kappa shape index (κ2) is 6.81. The molecular weight excluding hydrogens is 320 g/mol. The van der Waals surface area contributed by atoms with E-state index in [4.69, 9.17) is 0 Å². The molecule has 0 saturated carbocycles. The zero-order chi connectivity index (χ0) is 17.1. The van der Waals surface area contributed by atoms with E-state index in [-0.39, 0.29) is 5.25 Å². The van der Waals surface area contributed by atoms with E-state index in [1.165, 1.54) is 11.8 Å². The van der Waals surface area contributed by atoms with Crippen LogP contribution in [0.4, 0.5) is 0 Å². The molecule has 120 valence electrons. The Kier molecular flexibility index (Phi) is 4.58. The van der Waals surface area contributed by atoms with Crippen LogP contribution in [0.3, 0.4) is 0 Å². The van der Waals surface area contributed by atoms with Crippen LogP contribution in [0, 0.1) is 25.2 Å². The third kappa shape index (κ3) is 3.29. The molecule has 1 unspecified atom stereocenters. The summed E-state index contributed by atoms with van der Waals surface area (Å²) in [4.78, 5) is 8.66. The molecule has 3 rings (SSSR count). The van der Waals surface area contributed by atoms with E-state index in [2.05, 4.69) is 26.3 Å². The van der Waals surface area contributed by atoms with Gasteiger partial charge in [0.1, 0.15) is 22.5 Å². The lowest BCUT2D eigenvalue weighted by Crippen LogP contribution is -2.00. The summed E-state index contributed by atoms with van der Waals surface area (Å²) < 4.78 is 1.74. The topological polar surface area (TPSA) is 80.3 Å². The van der Waals surface area contributed by atoms with Crippen LogP contribution < -0.4 is 0 Å². The van der Waals surface area contributed by atoms with Gasteiger partial charge in [-0.05, 0) is 32.9 Å². The van der Waals surface area contributed by atoms with Gasteiger partial charge in [-0.1, -0.05) is 35.2 Å². The number of nitriles is 1. The maximum atomic E-state index is 9.35. The summed E-state index contributed by atoms with van der Waals surface area (Å²) >= 11 is 1.50. The molecule has 0 bridgehead atoms. The Morgan fingerprint density at radius 3 is 2.62 bits per heavy atom. The lowest BCUT2D eigenvalue weighted by atomic mass is 10.3. The second-order valence-electron chi connectivity index (χ2n) is 5.33. The first-order valence-corrected chi connectivity index (χ1v) is 8.36. The molecule has 2 heterocycles. The van der Waals surface area contributed by atoms with Crippen LogP contribution in [0.1, 0.15) is 34.9 Å². The number of aryl methyl sites for hydroxylation is 2. The maximum absolute atomic E-state index is 9.35. The van der Waals surface area contributed by atoms with Gasteiger partial charge in [-0.3, -0.25) is 0 Å². The fourth-order valence-corrected chi connectivity index (χ4v) is 3.35. The number of para-hydroxylation sites is 1. The number of benzene rings is 1. The zero-order valence-corrected chi connectivity index (χ0v) is 14.4. The number of nitrogens with zero attached hydrogens (tertiary/aromatic N) is 6. The first-order valence-electron chi connectivity index (χ1n) is 7.48. The van der Waals surface area contributed by atoms with Crippen LogP contribution in [0.5, 0.6) is 0 Å². The molecule has 24 heavy (non-hydrogen) atoms. The van der Waals surface area contributed by atoms with Crippen LogP contribution in [-0.2, 0) is 0 Å². The van der Waals surface area contributed by atoms with Gasteiger partial charge >= 0.3 is 0 Å². The Hall–Kier alpha value is -2.72. The number of hydrogen-bond donors (Lipinski definition) is 0. The normalized spacial score (nSPS) is 11.9. The maximum Gasteiger partial charge on any atom is 0.126 e. The van der Waals surface area contributed by atoms with Gasteiger partial charge in [0.15, 0.2) is 0 Å². The Labute approximate surface area is 144 Å². The molecule has 0 spiro atoms. The molecule has 1 atom stereocenters. The van der Waals surface area contributed by atoms with E-state index in [1.807, 2.05) is 57.3 Å². The Bertz CT molecular complexity index is 897. The highest BCUT2D eigenvalue weighted by molar-refractivity contribution is 7.99. The smallest absolute Gasteiger partial charge is 0.126 e. The first kappa shape index (κ1) is 16.1. The van der Waals surface area contributed by atoms with E-state index < -0.39 is 0 Å². The van der Waals surface area contributed by atoms with Gasteiger partial charge in [-0.25, -0.2) is 14.6 Å². The van der Waals surface area contributed by atoms with Crippen LogP contribution in [0.25, 0.3) is 5.69 Å². The number of aromatic nitrogens is 5. The van der Waals surface area contributed by atoms with Gasteiger partial charge in [-0.2, -0.15) is 5.26 Å². The molecule has 0 N–H and O–H groups in total. The summed E-state index contributed by atoms with van der Waals surface area (Å²) in [6.45, 7) is 5.68. The molecule has 0 radical (unpaired) electrons. The monoisotopic (exact) mass is 336 g/mol. The summed E-state index contributed by atoms with van der Waals surface area (Å²) in [5.41, 5.74) is 3.02. The first-order chi connectivity index (χ1) is 11.6. The fourth-order valence-electron chi connectivity index (χ4n) is 2.29. The van der Waals surface area contributed by atoms with Gasteiger partial charge in [0, 0.05) is 0 Å². The van der Waals surface area contributed by atoms with Crippen molar-refractivity contribution in [2.75, 3.05) is 0 Å². The zero-order valence-electron chi connectivity index (χ0n) is 13.6. The Balaban J connectivity index is 1.85. The summed E-state index contributed by atoms with van der Waals surface area (Å²) in [5, 5.41) is 18.5. The highest BCUT2D eigenvalue weighted by atomic mass is 32.2. The van der Waals surface area contributed by atoms with Gasteiger partial charge in [-0.15, -0.1) is 5.10 Å². The molecule has 0 saturated heterocycles. The Morgan fingerprint density at radius 2 is 1.92 bits per heavy atom. The van der Waals surface area contributed by atoms with E-state index in [0.29, 0.717) is 22.1 Å². The summed E-state index contributed by atoms with van der Waals surface area (Å²) in [6, 6.07) is 12.0. The molecule has 0 amide bonds. The summed E-state index contributed by atoms with van der Waals surface area (Å²) in [6.07, 6.45) is 1.90. The molecule has 0 aliphatic heterocycles. The van der Waals surface area contributed by atoms with E-state index in [1.54, 1.807) is 4.68 Å². The molecule has 0 fully saturated rings. The molecule has 3 aromatic rings. The molecule has 2 aromatic heterocycles. The van der Waals surface area contributed by atoms with E-state index >= 15 is 0 Å². The van der Waals surface area contributed by atoms with Crippen molar-refractivity contribution in [1.29, 1.82) is 5.26 Å². The number of thioether (sulfide) groups is 1. The van der Waals surface area contributed by atoms with Crippen LogP contribution in [0.15, 0.2) is 41.6 Å². The van der Waals surface area contributed by atoms with Crippen LogP contribution >= 0.6 is 11.8 Å². The Morgan fingerprint density at radius 1 is 1.17 bits per heavy atom. The van der Waals surface area contributed by atoms with Crippen molar-refractivity contribution in [3.8, 4) is 11.8 Å². The van der Waals surface area contributed by atoms with Crippen molar-refractivity contribution in [2.45, 2.75) is 31.0 Å². The minimum atomic E-state index is 0.0169. The van der Waals surface area contributed by atoms with Crippen molar-refractivity contribution in [1.82, 2.24) is 25.0 Å². The molecule has 0 aliphatic carbocycles. The van der Waals surface area contributed by atoms with Crippen molar-refractivity contribution in [3.63, 3.8) is 0 Å². The van der Waals surface area contributed by atoms with Crippen molar-refractivity contribution in [2.24, 2.45) is 0 Å². The number of hydrogen-bond acceptors (Lipinski definition) is 6. The second-order valence-corrected chi connectivity index (χ2v) is 6.66. The minimum Gasteiger partial charge on any atom is -0.237 e. The van der Waals surface area contributed by atoms with Crippen LogP contribution in [0.2, 0.25) is 0 Å². The third-order valence-corrected chi connectivity index (χ3v) is 4.63. The molecule has 1 aromatic carbocycles. The number of rotatable bonds is 4. The molecule has 7 heteroatoms. The van der Waals surface area contributed by atoms with Gasteiger partial charge in [0.25, 0.3) is 0 Å². The largest absolute Gasteiger partial charge is 0.237 e. The molecule has 0 aliphatic rings. The highest BCUT2D eigenvalue weighted by Gasteiger charge is 2.17. The van der Waals surface area contributed by atoms with Crippen LogP contribution in [-0.4, -0.2) is 25.0 Å². The van der Waals surface area contributed by atoms with Crippen molar-refractivity contribution in [3.05, 3.63) is 59.3 Å². The predicted molar refractivity (Wildman–Crippen MR) is 91.9 cm³/mol. The quantitative estimate of drug-likeness (QED) is 0.536. The molecular formula is C17H16N6S. The van der Waals surface area contributed by atoms with Crippen molar-refractivity contribution < 1.29 is 0 Å². The van der Waals surface area contributed by atoms with Crippen molar-refractivity contribution >= 4 is 11.8 Å². The average Bonchev–Trinajstić information content (AvgIpc) is 3.05. The lowest BCUT2D eigenvalue weighted by Gasteiger charge is -2.10. The third-order valence-electron chi connectivity index (χ3n) is 3.52. The van der Waals surface area contributed by atoms with Gasteiger partial charge in [0.2, 0.25) is 0 Å². The lowest BCUT2D eigenvalue weighted by molar-refractivity contribution is 0.797. The van der Waals surface area contributed by atoms with Gasteiger partial charge < -0.3 is 0 Å². The van der Waals surface area contributed by atoms with E-state index in [0.717, 1.165) is 11.4 Å². The summed E-state index contributed by atoms with van der Waals surface area (Å²) in [5.74, 6) is 0.661. The highest BCUT2D eigenvalue weighted by Crippen LogP contribution is 2.35. The standard InChI is InChI=1S/C17H16N6S/c1-11-15(9-18)17(20-13(3)19-11)24-12(2)16-10-23(22-21-16)14-7-5-4-6-8-14/h4-8,10,12H,1-3H3. The fraction of sp³-hybridized carbons (Fsp3) is 0.235. The molecule has 6 nitrogen and oxygen atoms in total. The van der Waals surface area contributed by atoms with Gasteiger partial charge in [0.05, 0.1) is 28.5 Å². The minimum absolute atomic E-state index is 0.0169.